The predicted octanol–water partition coefficient (Wildman–Crippen LogP) is 4.40. The number of carbonyl (C=O) groups excluding carboxylic acids is 1. The van der Waals surface area contributed by atoms with Crippen molar-refractivity contribution in [3.05, 3.63) is 53.7 Å². The quantitative estimate of drug-likeness (QED) is 0.221. The largest absolute Gasteiger partial charge is 0.466 e. The number of aromatic nitrogens is 3. The zero-order valence-electron chi connectivity index (χ0n) is 25.4. The van der Waals surface area contributed by atoms with Gasteiger partial charge in [0.15, 0.2) is 18.2 Å². The number of nitrogens with zero attached hydrogens (tertiary/aromatic N) is 6. The molecule has 248 valence electrons. The number of amides is 1. The number of nitrogens with one attached hydrogen (secondary N) is 3. The predicted molar refractivity (Wildman–Crippen MR) is 172 cm³/mol. The molecule has 46 heavy (non-hydrogen) atoms. The lowest BCUT2D eigenvalue weighted by atomic mass is 10.1. The summed E-state index contributed by atoms with van der Waals surface area (Å²) in [5, 5.41) is 8.57. The standard InChI is InChI=1S/C28H33ClF3N9O4S/c1-6-22(42)34-20-14-21(26(45-16-28(30,31)32)38-25(20)40(4)13-12-39(2)3)36-27-33-15-18(29)24(37-27)35-19-9-7-8-17-10-11-41(23(17)19)46(5,43)44/h6-9,14-15H,1,10-13,16H2,2-5H3,(H,34,42)(H2,33,35,36,37). The molecule has 0 fully saturated rings. The van der Waals surface area contributed by atoms with Crippen LogP contribution in [0.3, 0.4) is 0 Å². The Morgan fingerprint density at radius 3 is 2.54 bits per heavy atom. The molecule has 0 saturated carbocycles. The fourth-order valence-electron chi connectivity index (χ4n) is 4.48. The summed E-state index contributed by atoms with van der Waals surface area (Å²) in [6.07, 6.45) is -0.751. The molecule has 0 bridgehead atoms. The molecule has 0 atom stereocenters. The van der Waals surface area contributed by atoms with Gasteiger partial charge in [-0.2, -0.15) is 23.1 Å². The molecule has 0 aliphatic carbocycles. The lowest BCUT2D eigenvalue weighted by Gasteiger charge is -2.25. The number of rotatable bonds is 13. The fraction of sp³-hybridized carbons (Fsp3) is 0.357. The van der Waals surface area contributed by atoms with Crippen molar-refractivity contribution in [2.45, 2.75) is 12.6 Å². The van der Waals surface area contributed by atoms with Crippen LogP contribution in [0.4, 0.5) is 53.5 Å². The van der Waals surface area contributed by atoms with Crippen LogP contribution in [0.2, 0.25) is 5.02 Å². The summed E-state index contributed by atoms with van der Waals surface area (Å²) in [5.41, 5.74) is 1.74. The van der Waals surface area contributed by atoms with E-state index in [1.807, 2.05) is 25.1 Å². The monoisotopic (exact) mass is 683 g/mol. The van der Waals surface area contributed by atoms with Crippen molar-refractivity contribution in [1.82, 2.24) is 19.9 Å². The number of halogens is 4. The molecule has 0 unspecified atom stereocenters. The summed E-state index contributed by atoms with van der Waals surface area (Å²) in [7, 11) is 1.81. The maximum Gasteiger partial charge on any atom is 0.422 e. The van der Waals surface area contributed by atoms with Crippen molar-refractivity contribution in [3.63, 3.8) is 0 Å². The second kappa shape index (κ2) is 14.0. The van der Waals surface area contributed by atoms with Crippen molar-refractivity contribution in [1.29, 1.82) is 0 Å². The Morgan fingerprint density at radius 1 is 1.15 bits per heavy atom. The summed E-state index contributed by atoms with van der Waals surface area (Å²) in [6, 6.07) is 6.59. The van der Waals surface area contributed by atoms with E-state index in [1.165, 1.54) is 16.6 Å². The van der Waals surface area contributed by atoms with Crippen LogP contribution in [0.15, 0.2) is 43.1 Å². The Balaban J connectivity index is 1.74. The van der Waals surface area contributed by atoms with E-state index < -0.39 is 34.6 Å². The van der Waals surface area contributed by atoms with Gasteiger partial charge in [-0.05, 0) is 44.3 Å². The van der Waals surface area contributed by atoms with Crippen LogP contribution in [-0.2, 0) is 21.2 Å². The van der Waals surface area contributed by atoms with Gasteiger partial charge in [0.05, 0.1) is 29.5 Å². The minimum absolute atomic E-state index is 0.0792. The molecule has 18 heteroatoms. The van der Waals surface area contributed by atoms with Crippen LogP contribution >= 0.6 is 11.6 Å². The molecule has 3 N–H and O–H groups in total. The minimum atomic E-state index is -4.67. The number of ether oxygens (including phenoxy) is 1. The average molecular weight is 684 g/mol. The molecule has 0 spiro atoms. The molecular weight excluding hydrogens is 651 g/mol. The van der Waals surface area contributed by atoms with Crippen molar-refractivity contribution in [2.24, 2.45) is 0 Å². The van der Waals surface area contributed by atoms with E-state index in [0.717, 1.165) is 17.9 Å². The molecule has 13 nitrogen and oxygen atoms in total. The Labute approximate surface area is 269 Å². The second-order valence-corrected chi connectivity index (χ2v) is 12.9. The van der Waals surface area contributed by atoms with Crippen LogP contribution < -0.4 is 29.9 Å². The van der Waals surface area contributed by atoms with Crippen molar-refractivity contribution in [3.8, 4) is 5.88 Å². The molecule has 1 aliphatic heterocycles. The van der Waals surface area contributed by atoms with Gasteiger partial charge in [-0.25, -0.2) is 13.4 Å². The number of pyridine rings is 1. The maximum absolute atomic E-state index is 13.2. The summed E-state index contributed by atoms with van der Waals surface area (Å²) >= 11 is 6.39. The molecule has 3 heterocycles. The minimum Gasteiger partial charge on any atom is -0.466 e. The lowest BCUT2D eigenvalue weighted by molar-refractivity contribution is -0.153. The second-order valence-electron chi connectivity index (χ2n) is 10.6. The van der Waals surface area contributed by atoms with Gasteiger partial charge in [0.1, 0.15) is 10.7 Å². The number of alkyl halides is 3. The molecule has 4 rings (SSSR count). The Bertz CT molecular complexity index is 1720. The number of likely N-dealkylation sites (N-methyl/N-ethyl adjacent to an activating group) is 2. The molecule has 2 aromatic heterocycles. The third-order valence-corrected chi connectivity index (χ3v) is 8.07. The molecule has 1 aliphatic rings. The summed E-state index contributed by atoms with van der Waals surface area (Å²) in [6.45, 7) is 3.08. The van der Waals surface area contributed by atoms with E-state index in [1.54, 1.807) is 24.1 Å². The van der Waals surface area contributed by atoms with E-state index >= 15 is 0 Å². The maximum atomic E-state index is 13.2. The smallest absolute Gasteiger partial charge is 0.422 e. The topological polar surface area (TPSA) is 145 Å². The Hall–Kier alpha value is -4.35. The highest BCUT2D eigenvalue weighted by atomic mass is 35.5. The van der Waals surface area contributed by atoms with Gasteiger partial charge in [0.25, 0.3) is 0 Å². The van der Waals surface area contributed by atoms with Crippen molar-refractivity contribution >= 4 is 67.9 Å². The van der Waals surface area contributed by atoms with Gasteiger partial charge in [-0.15, -0.1) is 0 Å². The third-order valence-electron chi connectivity index (χ3n) is 6.62. The van der Waals surface area contributed by atoms with E-state index in [2.05, 4.69) is 37.5 Å². The Kier molecular flexibility index (Phi) is 10.5. The number of anilines is 7. The van der Waals surface area contributed by atoms with Crippen LogP contribution in [0.1, 0.15) is 5.56 Å². The number of sulfonamides is 1. The SMILES string of the molecule is C=CC(=O)Nc1cc(Nc2ncc(Cl)c(Nc3cccc4c3N(S(C)(=O)=O)CC4)n2)c(OCC(F)(F)F)nc1N(C)CCN(C)C. The third kappa shape index (κ3) is 8.67. The summed E-state index contributed by atoms with van der Waals surface area (Å²) in [4.78, 5) is 28.7. The first kappa shape index (κ1) is 34.5. The van der Waals surface area contributed by atoms with Gasteiger partial charge in [0, 0.05) is 26.7 Å². The van der Waals surface area contributed by atoms with Crippen molar-refractivity contribution in [2.75, 3.05) is 78.8 Å². The van der Waals surface area contributed by atoms with E-state index in [-0.39, 0.29) is 40.5 Å². The fourth-order valence-corrected chi connectivity index (χ4v) is 5.59. The van der Waals surface area contributed by atoms with Crippen molar-refractivity contribution < 1.29 is 31.1 Å². The molecule has 3 aromatic rings. The van der Waals surface area contributed by atoms with Gasteiger partial charge in [0.2, 0.25) is 27.8 Å². The van der Waals surface area contributed by atoms with Gasteiger partial charge in [-0.1, -0.05) is 30.3 Å². The van der Waals surface area contributed by atoms with Gasteiger partial charge < -0.3 is 30.5 Å². The number of carbonyl (C=O) groups is 1. The van der Waals surface area contributed by atoms with Gasteiger partial charge in [-0.3, -0.25) is 9.10 Å². The zero-order chi connectivity index (χ0) is 33.8. The Morgan fingerprint density at radius 2 is 1.89 bits per heavy atom. The van der Waals surface area contributed by atoms with Crippen LogP contribution in [0.5, 0.6) is 5.88 Å². The lowest BCUT2D eigenvalue weighted by Crippen LogP contribution is -2.30. The van der Waals surface area contributed by atoms with Gasteiger partial charge >= 0.3 is 6.18 Å². The molecule has 0 radical (unpaired) electrons. The average Bonchev–Trinajstić information content (AvgIpc) is 3.43. The highest BCUT2D eigenvalue weighted by Crippen LogP contribution is 2.40. The molecule has 1 amide bonds. The first-order chi connectivity index (χ1) is 21.6. The van der Waals surface area contributed by atoms with E-state index in [4.69, 9.17) is 16.3 Å². The first-order valence-electron chi connectivity index (χ1n) is 13.8. The van der Waals surface area contributed by atoms with Crippen LogP contribution in [0, 0.1) is 0 Å². The number of fused-ring (bicyclic) bond motifs is 1. The molecular formula is C28H33ClF3N9O4S. The zero-order valence-corrected chi connectivity index (χ0v) is 27.0. The molecule has 1 aromatic carbocycles. The summed E-state index contributed by atoms with van der Waals surface area (Å²) in [5.74, 6) is -0.899. The number of benzene rings is 1. The van der Waals surface area contributed by atoms with Crippen LogP contribution in [-0.4, -0.2) is 94.0 Å². The summed E-state index contributed by atoms with van der Waals surface area (Å²) < 4.78 is 70.9. The van der Waals surface area contributed by atoms with E-state index in [9.17, 15) is 26.4 Å². The van der Waals surface area contributed by atoms with E-state index in [0.29, 0.717) is 30.9 Å². The highest BCUT2D eigenvalue weighted by Gasteiger charge is 2.31. The van der Waals surface area contributed by atoms with Crippen LogP contribution in [0.25, 0.3) is 0 Å². The normalized spacial score (nSPS) is 12.9. The number of hydrogen-bond donors (Lipinski definition) is 3. The first-order valence-corrected chi connectivity index (χ1v) is 16.0. The number of para-hydroxylation sites is 1. The highest BCUT2D eigenvalue weighted by molar-refractivity contribution is 7.92. The molecule has 0 saturated heterocycles. The number of hydrogen-bond acceptors (Lipinski definition) is 11.